The Morgan fingerprint density at radius 3 is 2.36 bits per heavy atom. The van der Waals surface area contributed by atoms with Crippen molar-refractivity contribution in [2.45, 2.75) is 13.8 Å². The van der Waals surface area contributed by atoms with E-state index in [1.165, 1.54) is 0 Å². The fraction of sp³-hybridized carbons (Fsp3) is 0.190. The minimum atomic E-state index is -0.353. The number of nitrogens with zero attached hydrogens (tertiary/aromatic N) is 2. The molecule has 1 heterocycles. The van der Waals surface area contributed by atoms with Crippen LogP contribution in [0.2, 0.25) is 0 Å². The summed E-state index contributed by atoms with van der Waals surface area (Å²) in [5.41, 5.74) is 2.65. The lowest BCUT2D eigenvalue weighted by Crippen LogP contribution is -2.16. The molecule has 0 aliphatic heterocycles. The summed E-state index contributed by atoms with van der Waals surface area (Å²) in [7, 11) is 3.16. The van der Waals surface area contributed by atoms with Crippen molar-refractivity contribution in [3.8, 4) is 11.5 Å². The number of rotatable bonds is 6. The maximum Gasteiger partial charge on any atom is 0.274 e. The molecular formula is C21H22N4O3. The first kappa shape index (κ1) is 19.2. The fourth-order valence-corrected chi connectivity index (χ4v) is 2.74. The lowest BCUT2D eigenvalue weighted by Gasteiger charge is -2.13. The zero-order valence-electron chi connectivity index (χ0n) is 16.2. The average molecular weight is 378 g/mol. The third-order valence-electron chi connectivity index (χ3n) is 4.04. The molecule has 144 valence electrons. The Bertz CT molecular complexity index is 1000. The highest BCUT2D eigenvalue weighted by molar-refractivity contribution is 6.04. The number of amides is 1. The Labute approximate surface area is 163 Å². The van der Waals surface area contributed by atoms with Crippen molar-refractivity contribution >= 4 is 23.1 Å². The van der Waals surface area contributed by atoms with E-state index in [1.807, 2.05) is 37.3 Å². The largest absolute Gasteiger partial charge is 0.495 e. The number of hydrogen-bond donors (Lipinski definition) is 2. The first-order valence-corrected chi connectivity index (χ1v) is 8.72. The number of nitrogens with one attached hydrogen (secondary N) is 2. The molecule has 0 atom stereocenters. The van der Waals surface area contributed by atoms with Gasteiger partial charge in [-0.3, -0.25) is 4.79 Å². The third-order valence-corrected chi connectivity index (χ3v) is 4.04. The summed E-state index contributed by atoms with van der Waals surface area (Å²) in [5.74, 6) is 1.88. The molecule has 0 bridgehead atoms. The number of ether oxygens (including phenoxy) is 2. The van der Waals surface area contributed by atoms with Crippen LogP contribution in [0.25, 0.3) is 0 Å². The summed E-state index contributed by atoms with van der Waals surface area (Å²) >= 11 is 0. The molecule has 0 unspecified atom stereocenters. The molecule has 1 aromatic heterocycles. The maximum absolute atomic E-state index is 12.7. The predicted octanol–water partition coefficient (Wildman–Crippen LogP) is 4.11. The average Bonchev–Trinajstić information content (AvgIpc) is 2.68. The standard InChI is InChI=1S/C21H22N4O3/c1-13-9-10-19(28-4)16(11-13)24-20-12-17(22-14(2)23-20)21(26)25-15-7-5-6-8-18(15)27-3/h5-12H,1-4H3,(H,25,26)(H,22,23,24). The number of carbonyl (C=O) groups is 1. The van der Waals surface area contributed by atoms with Gasteiger partial charge in [-0.1, -0.05) is 18.2 Å². The smallest absolute Gasteiger partial charge is 0.274 e. The van der Waals surface area contributed by atoms with Gasteiger partial charge in [-0.05, 0) is 43.7 Å². The molecule has 0 fully saturated rings. The van der Waals surface area contributed by atoms with Gasteiger partial charge < -0.3 is 20.1 Å². The topological polar surface area (TPSA) is 85.4 Å². The van der Waals surface area contributed by atoms with E-state index in [2.05, 4.69) is 20.6 Å². The molecule has 0 saturated heterocycles. The summed E-state index contributed by atoms with van der Waals surface area (Å²) in [6.07, 6.45) is 0. The van der Waals surface area contributed by atoms with Gasteiger partial charge in [0.15, 0.2) is 0 Å². The summed E-state index contributed by atoms with van der Waals surface area (Å²) in [6.45, 7) is 3.72. The highest BCUT2D eigenvalue weighted by atomic mass is 16.5. The Morgan fingerprint density at radius 2 is 1.61 bits per heavy atom. The van der Waals surface area contributed by atoms with E-state index in [-0.39, 0.29) is 11.6 Å². The zero-order valence-corrected chi connectivity index (χ0v) is 16.2. The summed E-state index contributed by atoms with van der Waals surface area (Å²) in [4.78, 5) is 21.3. The van der Waals surface area contributed by atoms with Crippen molar-refractivity contribution < 1.29 is 14.3 Å². The molecule has 3 aromatic rings. The molecule has 0 radical (unpaired) electrons. The van der Waals surface area contributed by atoms with Gasteiger partial charge in [-0.2, -0.15) is 0 Å². The Hall–Kier alpha value is -3.61. The molecule has 1 amide bonds. The minimum absolute atomic E-state index is 0.243. The number of hydrogen-bond acceptors (Lipinski definition) is 6. The van der Waals surface area contributed by atoms with Crippen LogP contribution in [0.15, 0.2) is 48.5 Å². The van der Waals surface area contributed by atoms with Gasteiger partial charge in [0.1, 0.15) is 28.8 Å². The summed E-state index contributed by atoms with van der Waals surface area (Å²) < 4.78 is 10.7. The summed E-state index contributed by atoms with van der Waals surface area (Å²) in [5, 5.41) is 6.03. The SMILES string of the molecule is COc1ccccc1NC(=O)c1cc(Nc2cc(C)ccc2OC)nc(C)n1. The van der Waals surface area contributed by atoms with E-state index < -0.39 is 0 Å². The van der Waals surface area contributed by atoms with E-state index in [1.54, 1.807) is 39.3 Å². The fourth-order valence-electron chi connectivity index (χ4n) is 2.74. The van der Waals surface area contributed by atoms with Gasteiger partial charge >= 0.3 is 0 Å². The van der Waals surface area contributed by atoms with Gasteiger partial charge in [-0.25, -0.2) is 9.97 Å². The number of methoxy groups -OCH3 is 2. The molecule has 0 saturated carbocycles. The van der Waals surface area contributed by atoms with Crippen LogP contribution in [-0.2, 0) is 0 Å². The van der Waals surface area contributed by atoms with Crippen molar-refractivity contribution in [2.75, 3.05) is 24.9 Å². The second-order valence-electron chi connectivity index (χ2n) is 6.17. The monoisotopic (exact) mass is 378 g/mol. The van der Waals surface area contributed by atoms with Gasteiger partial charge in [0.05, 0.1) is 25.6 Å². The van der Waals surface area contributed by atoms with Crippen molar-refractivity contribution in [1.29, 1.82) is 0 Å². The Morgan fingerprint density at radius 1 is 0.893 bits per heavy atom. The number of para-hydroxylation sites is 2. The molecule has 0 aliphatic rings. The van der Waals surface area contributed by atoms with Gasteiger partial charge in [0.25, 0.3) is 5.91 Å². The van der Waals surface area contributed by atoms with E-state index >= 15 is 0 Å². The number of carbonyl (C=O) groups excluding carboxylic acids is 1. The van der Waals surface area contributed by atoms with Crippen LogP contribution >= 0.6 is 0 Å². The predicted molar refractivity (Wildman–Crippen MR) is 109 cm³/mol. The van der Waals surface area contributed by atoms with Crippen molar-refractivity contribution in [2.24, 2.45) is 0 Å². The number of aromatic nitrogens is 2. The van der Waals surface area contributed by atoms with E-state index in [9.17, 15) is 4.79 Å². The highest BCUT2D eigenvalue weighted by Gasteiger charge is 2.14. The van der Waals surface area contributed by atoms with Crippen LogP contribution < -0.4 is 20.1 Å². The summed E-state index contributed by atoms with van der Waals surface area (Å²) in [6, 6.07) is 14.6. The Kier molecular flexibility index (Phi) is 5.74. The quantitative estimate of drug-likeness (QED) is 0.671. The lowest BCUT2D eigenvalue weighted by molar-refractivity contribution is 0.102. The van der Waals surface area contributed by atoms with Crippen molar-refractivity contribution in [1.82, 2.24) is 9.97 Å². The molecular weight excluding hydrogens is 356 g/mol. The molecule has 3 rings (SSSR count). The first-order valence-electron chi connectivity index (χ1n) is 8.72. The first-order chi connectivity index (χ1) is 13.5. The highest BCUT2D eigenvalue weighted by Crippen LogP contribution is 2.28. The van der Waals surface area contributed by atoms with E-state index in [0.717, 1.165) is 11.3 Å². The molecule has 7 heteroatoms. The number of anilines is 3. The molecule has 0 spiro atoms. The van der Waals surface area contributed by atoms with Gasteiger partial charge in [0.2, 0.25) is 0 Å². The Balaban J connectivity index is 1.87. The van der Waals surface area contributed by atoms with Crippen LogP contribution in [0.4, 0.5) is 17.2 Å². The number of aryl methyl sites for hydroxylation is 2. The zero-order chi connectivity index (χ0) is 20.1. The van der Waals surface area contributed by atoms with Crippen LogP contribution in [0.5, 0.6) is 11.5 Å². The van der Waals surface area contributed by atoms with Crippen LogP contribution in [0, 0.1) is 13.8 Å². The second kappa shape index (κ2) is 8.39. The van der Waals surface area contributed by atoms with Crippen LogP contribution in [-0.4, -0.2) is 30.1 Å². The normalized spacial score (nSPS) is 10.3. The van der Waals surface area contributed by atoms with E-state index in [4.69, 9.17) is 9.47 Å². The molecule has 2 N–H and O–H groups in total. The lowest BCUT2D eigenvalue weighted by atomic mass is 10.2. The van der Waals surface area contributed by atoms with Crippen LogP contribution in [0.1, 0.15) is 21.9 Å². The van der Waals surface area contributed by atoms with Crippen molar-refractivity contribution in [3.05, 3.63) is 65.6 Å². The molecule has 0 aliphatic carbocycles. The third kappa shape index (κ3) is 4.37. The second-order valence-corrected chi connectivity index (χ2v) is 6.17. The number of benzene rings is 2. The molecule has 7 nitrogen and oxygen atoms in total. The van der Waals surface area contributed by atoms with Gasteiger partial charge in [-0.15, -0.1) is 0 Å². The van der Waals surface area contributed by atoms with Gasteiger partial charge in [0, 0.05) is 6.07 Å². The maximum atomic E-state index is 12.7. The molecule has 28 heavy (non-hydrogen) atoms. The molecule has 2 aromatic carbocycles. The van der Waals surface area contributed by atoms with E-state index in [0.29, 0.717) is 28.8 Å². The van der Waals surface area contributed by atoms with Crippen LogP contribution in [0.3, 0.4) is 0 Å². The van der Waals surface area contributed by atoms with Crippen molar-refractivity contribution in [3.63, 3.8) is 0 Å². The minimum Gasteiger partial charge on any atom is -0.495 e.